The van der Waals surface area contributed by atoms with Gasteiger partial charge in [-0.05, 0) is 50.6 Å². The molecule has 1 amide bonds. The van der Waals surface area contributed by atoms with Gasteiger partial charge >= 0.3 is 6.18 Å². The van der Waals surface area contributed by atoms with Gasteiger partial charge in [0.25, 0.3) is 0 Å². The van der Waals surface area contributed by atoms with Crippen molar-refractivity contribution in [3.05, 3.63) is 28.8 Å². The second kappa shape index (κ2) is 6.87. The molecular weight excluding hydrogens is 317 g/mol. The molecule has 1 N–H and O–H groups in total. The van der Waals surface area contributed by atoms with E-state index in [1.807, 2.05) is 13.0 Å². The Morgan fingerprint density at radius 1 is 1.36 bits per heavy atom. The van der Waals surface area contributed by atoms with Gasteiger partial charge in [0.15, 0.2) is 0 Å². The lowest BCUT2D eigenvalue weighted by Gasteiger charge is -2.31. The zero-order chi connectivity index (χ0) is 16.3. The first-order valence-corrected chi connectivity index (χ1v) is 7.48. The van der Waals surface area contributed by atoms with Crippen LogP contribution in [0.15, 0.2) is 18.2 Å². The normalized spacial score (nSPS) is 17.5. The molecule has 1 saturated heterocycles. The van der Waals surface area contributed by atoms with E-state index in [1.165, 1.54) is 4.90 Å². The standard InChI is InChI=1S/C15H18ClF3N2O/c1-10-2-3-12(16)8-13(10)20-14(22)11-4-6-21(7-5-11)9-15(17,18)19/h2-3,8,11H,4-7,9H2,1H3,(H,20,22). The summed E-state index contributed by atoms with van der Waals surface area (Å²) in [5.41, 5.74) is 1.54. The largest absolute Gasteiger partial charge is 0.401 e. The molecule has 7 heteroatoms. The number of halogens is 4. The fourth-order valence-corrected chi connectivity index (χ4v) is 2.74. The molecule has 0 radical (unpaired) electrons. The number of piperidine rings is 1. The Labute approximate surface area is 132 Å². The van der Waals surface area contributed by atoms with Gasteiger partial charge in [-0.2, -0.15) is 13.2 Å². The van der Waals surface area contributed by atoms with Gasteiger partial charge in [-0.25, -0.2) is 0 Å². The van der Waals surface area contributed by atoms with E-state index in [2.05, 4.69) is 5.32 Å². The third-order valence-corrected chi connectivity index (χ3v) is 4.05. The summed E-state index contributed by atoms with van der Waals surface area (Å²) >= 11 is 5.90. The molecule has 1 aromatic rings. The monoisotopic (exact) mass is 334 g/mol. The van der Waals surface area contributed by atoms with Gasteiger partial charge in [-0.15, -0.1) is 0 Å². The number of nitrogens with zero attached hydrogens (tertiary/aromatic N) is 1. The average Bonchev–Trinajstić information content (AvgIpc) is 2.42. The van der Waals surface area contributed by atoms with Gasteiger partial charge in [0.05, 0.1) is 6.54 Å². The van der Waals surface area contributed by atoms with Crippen molar-refractivity contribution < 1.29 is 18.0 Å². The number of nitrogens with one attached hydrogen (secondary N) is 1. The molecule has 122 valence electrons. The maximum Gasteiger partial charge on any atom is 0.401 e. The molecule has 1 aromatic carbocycles. The predicted octanol–water partition coefficient (Wildman–Crippen LogP) is 3.86. The van der Waals surface area contributed by atoms with Crippen molar-refractivity contribution in [3.63, 3.8) is 0 Å². The third kappa shape index (κ3) is 4.88. The molecule has 0 unspecified atom stereocenters. The lowest BCUT2D eigenvalue weighted by atomic mass is 9.95. The minimum Gasteiger partial charge on any atom is -0.326 e. The van der Waals surface area contributed by atoms with Crippen LogP contribution < -0.4 is 5.32 Å². The zero-order valence-corrected chi connectivity index (χ0v) is 13.0. The van der Waals surface area contributed by atoms with E-state index in [1.54, 1.807) is 12.1 Å². The van der Waals surface area contributed by atoms with Crippen molar-refractivity contribution in [1.82, 2.24) is 4.90 Å². The van der Waals surface area contributed by atoms with Crippen LogP contribution in [-0.2, 0) is 4.79 Å². The summed E-state index contributed by atoms with van der Waals surface area (Å²) in [5, 5.41) is 3.35. The van der Waals surface area contributed by atoms with Crippen molar-refractivity contribution >= 4 is 23.2 Å². The van der Waals surface area contributed by atoms with Crippen LogP contribution in [0.4, 0.5) is 18.9 Å². The first kappa shape index (κ1) is 17.1. The fourth-order valence-electron chi connectivity index (χ4n) is 2.57. The Kier molecular flexibility index (Phi) is 5.34. The maximum atomic E-state index is 12.3. The van der Waals surface area contributed by atoms with Crippen LogP contribution in [0.25, 0.3) is 0 Å². The molecule has 2 rings (SSSR count). The van der Waals surface area contributed by atoms with Crippen LogP contribution in [0.5, 0.6) is 0 Å². The Bertz CT molecular complexity index is 540. The van der Waals surface area contributed by atoms with Crippen LogP contribution in [0, 0.1) is 12.8 Å². The summed E-state index contributed by atoms with van der Waals surface area (Å²) in [6.45, 7) is 1.52. The highest BCUT2D eigenvalue weighted by Crippen LogP contribution is 2.25. The molecule has 1 aliphatic heterocycles. The van der Waals surface area contributed by atoms with E-state index < -0.39 is 12.7 Å². The molecule has 0 saturated carbocycles. The second-order valence-corrected chi connectivity index (χ2v) is 6.05. The summed E-state index contributed by atoms with van der Waals surface area (Å²) in [6.07, 6.45) is -3.32. The van der Waals surface area contributed by atoms with Gasteiger partial charge in [-0.3, -0.25) is 9.69 Å². The Hall–Kier alpha value is -1.27. The predicted molar refractivity (Wildman–Crippen MR) is 80.0 cm³/mol. The van der Waals surface area contributed by atoms with E-state index in [0.29, 0.717) is 23.6 Å². The SMILES string of the molecule is Cc1ccc(Cl)cc1NC(=O)C1CCN(CC(F)(F)F)CC1. The van der Waals surface area contributed by atoms with Gasteiger partial charge in [0, 0.05) is 16.6 Å². The Balaban J connectivity index is 1.89. The molecule has 0 aliphatic carbocycles. The average molecular weight is 335 g/mol. The van der Waals surface area contributed by atoms with Crippen molar-refractivity contribution in [2.24, 2.45) is 5.92 Å². The van der Waals surface area contributed by atoms with Crippen molar-refractivity contribution in [2.45, 2.75) is 25.9 Å². The highest BCUT2D eigenvalue weighted by Gasteiger charge is 2.33. The number of anilines is 1. The van der Waals surface area contributed by atoms with Crippen LogP contribution in [0.1, 0.15) is 18.4 Å². The van der Waals surface area contributed by atoms with Crippen LogP contribution in [-0.4, -0.2) is 36.6 Å². The van der Waals surface area contributed by atoms with Crippen molar-refractivity contribution in [2.75, 3.05) is 25.0 Å². The minimum atomic E-state index is -4.19. The number of benzene rings is 1. The summed E-state index contributed by atoms with van der Waals surface area (Å²) < 4.78 is 37.0. The van der Waals surface area contributed by atoms with Gasteiger partial charge < -0.3 is 5.32 Å². The molecule has 22 heavy (non-hydrogen) atoms. The van der Waals surface area contributed by atoms with Gasteiger partial charge in [0.1, 0.15) is 0 Å². The summed E-state index contributed by atoms with van der Waals surface area (Å²) in [4.78, 5) is 13.6. The summed E-state index contributed by atoms with van der Waals surface area (Å²) in [5.74, 6) is -0.417. The minimum absolute atomic E-state index is 0.156. The third-order valence-electron chi connectivity index (χ3n) is 3.82. The number of alkyl halides is 3. The number of carbonyl (C=O) groups is 1. The molecule has 0 aromatic heterocycles. The number of rotatable bonds is 3. The molecule has 0 spiro atoms. The molecule has 0 bridgehead atoms. The number of hydrogen-bond acceptors (Lipinski definition) is 2. The maximum absolute atomic E-state index is 12.3. The van der Waals surface area contributed by atoms with Crippen LogP contribution in [0.3, 0.4) is 0 Å². The smallest absolute Gasteiger partial charge is 0.326 e. The Morgan fingerprint density at radius 2 is 2.00 bits per heavy atom. The first-order chi connectivity index (χ1) is 10.2. The lowest BCUT2D eigenvalue weighted by Crippen LogP contribution is -2.42. The first-order valence-electron chi connectivity index (χ1n) is 7.11. The van der Waals surface area contributed by atoms with Gasteiger partial charge in [-0.1, -0.05) is 17.7 Å². The molecule has 0 atom stereocenters. The number of amides is 1. The zero-order valence-electron chi connectivity index (χ0n) is 12.2. The summed E-state index contributed by atoms with van der Waals surface area (Å²) in [6, 6.07) is 5.22. The Morgan fingerprint density at radius 3 is 2.59 bits per heavy atom. The fraction of sp³-hybridized carbons (Fsp3) is 0.533. The van der Waals surface area contributed by atoms with E-state index >= 15 is 0 Å². The van der Waals surface area contributed by atoms with E-state index in [-0.39, 0.29) is 24.9 Å². The highest BCUT2D eigenvalue weighted by atomic mass is 35.5. The molecular formula is C15H18ClF3N2O. The number of aryl methyl sites for hydroxylation is 1. The number of likely N-dealkylation sites (tertiary alicyclic amines) is 1. The quantitative estimate of drug-likeness (QED) is 0.910. The number of hydrogen-bond donors (Lipinski definition) is 1. The van der Waals surface area contributed by atoms with E-state index in [0.717, 1.165) is 5.56 Å². The molecule has 1 aliphatic rings. The van der Waals surface area contributed by atoms with Crippen LogP contribution >= 0.6 is 11.6 Å². The second-order valence-electron chi connectivity index (χ2n) is 5.61. The highest BCUT2D eigenvalue weighted by molar-refractivity contribution is 6.31. The molecule has 1 heterocycles. The lowest BCUT2D eigenvalue weighted by molar-refractivity contribution is -0.149. The topological polar surface area (TPSA) is 32.3 Å². The number of carbonyl (C=O) groups excluding carboxylic acids is 1. The van der Waals surface area contributed by atoms with Crippen molar-refractivity contribution in [3.8, 4) is 0 Å². The summed E-state index contributed by atoms with van der Waals surface area (Å²) in [7, 11) is 0. The molecule has 1 fully saturated rings. The van der Waals surface area contributed by atoms with Crippen molar-refractivity contribution in [1.29, 1.82) is 0 Å². The van der Waals surface area contributed by atoms with Crippen LogP contribution in [0.2, 0.25) is 5.02 Å². The van der Waals surface area contributed by atoms with E-state index in [4.69, 9.17) is 11.6 Å². The van der Waals surface area contributed by atoms with E-state index in [9.17, 15) is 18.0 Å². The van der Waals surface area contributed by atoms with Gasteiger partial charge in [0.2, 0.25) is 5.91 Å². The molecule has 3 nitrogen and oxygen atoms in total.